The van der Waals surface area contributed by atoms with E-state index in [9.17, 15) is 15.0 Å². The fourth-order valence-corrected chi connectivity index (χ4v) is 8.85. The smallest absolute Gasteiger partial charge is 0.219 e. The Labute approximate surface area is 177 Å². The van der Waals surface area contributed by atoms with Crippen LogP contribution in [0.25, 0.3) is 0 Å². The molecule has 4 nitrogen and oxygen atoms in total. The lowest BCUT2D eigenvalue weighted by Crippen LogP contribution is -2.58. The van der Waals surface area contributed by atoms with Gasteiger partial charge in [-0.2, -0.15) is 0 Å². The number of aliphatic hydroxyl groups is 2. The van der Waals surface area contributed by atoms with Crippen molar-refractivity contribution in [1.82, 2.24) is 5.32 Å². The van der Waals surface area contributed by atoms with E-state index in [2.05, 4.69) is 26.1 Å². The van der Waals surface area contributed by atoms with Gasteiger partial charge in [0.15, 0.2) is 0 Å². The molecule has 3 N–H and O–H groups in total. The molecule has 0 saturated heterocycles. The van der Waals surface area contributed by atoms with Crippen molar-refractivity contribution in [3.8, 4) is 0 Å². The summed E-state index contributed by atoms with van der Waals surface area (Å²) in [6.07, 6.45) is 10.1. The number of nitrogens with one attached hydrogen (secondary N) is 1. The molecule has 0 bridgehead atoms. The summed E-state index contributed by atoms with van der Waals surface area (Å²) in [5.74, 6) is 3.72. The molecule has 4 saturated carbocycles. The number of carbonyl (C=O) groups excluding carboxylic acids is 1. The zero-order valence-corrected chi connectivity index (χ0v) is 19.0. The SMILES string of the molecule is CNC(=O)CC[C@@H](C)[C@H]1CC[C@H]2[C@@H]3CC[C@@H]4C[C@H](O)CC[C@]4(C)[C@H]3C[C@H](O)[C@]12C. The average molecular weight is 406 g/mol. The van der Waals surface area contributed by atoms with Crippen molar-refractivity contribution in [2.24, 2.45) is 46.3 Å². The minimum Gasteiger partial charge on any atom is -0.393 e. The number of carbonyl (C=O) groups is 1. The first-order chi connectivity index (χ1) is 13.7. The molecule has 4 heteroatoms. The molecule has 0 radical (unpaired) electrons. The largest absolute Gasteiger partial charge is 0.393 e. The lowest BCUT2D eigenvalue weighted by Gasteiger charge is -2.62. The van der Waals surface area contributed by atoms with Gasteiger partial charge in [-0.25, -0.2) is 0 Å². The Morgan fingerprint density at radius 3 is 2.55 bits per heavy atom. The van der Waals surface area contributed by atoms with Crippen molar-refractivity contribution in [2.75, 3.05) is 7.05 Å². The number of aliphatic hydroxyl groups excluding tert-OH is 2. The van der Waals surface area contributed by atoms with Crippen molar-refractivity contribution in [2.45, 2.75) is 97.2 Å². The highest BCUT2D eigenvalue weighted by molar-refractivity contribution is 5.75. The molecule has 29 heavy (non-hydrogen) atoms. The highest BCUT2D eigenvalue weighted by Gasteiger charge is 2.63. The maximum Gasteiger partial charge on any atom is 0.219 e. The number of fused-ring (bicyclic) bond motifs is 5. The van der Waals surface area contributed by atoms with Gasteiger partial charge in [-0.15, -0.1) is 0 Å². The molecule has 0 spiro atoms. The van der Waals surface area contributed by atoms with Crippen LogP contribution in [0.5, 0.6) is 0 Å². The van der Waals surface area contributed by atoms with Crippen molar-refractivity contribution in [3.05, 3.63) is 0 Å². The summed E-state index contributed by atoms with van der Waals surface area (Å²) < 4.78 is 0. The second-order valence-electron chi connectivity index (χ2n) is 11.6. The van der Waals surface area contributed by atoms with Crippen LogP contribution in [0.2, 0.25) is 0 Å². The van der Waals surface area contributed by atoms with Crippen LogP contribution >= 0.6 is 0 Å². The third-order valence-corrected chi connectivity index (χ3v) is 10.6. The number of hydrogen-bond acceptors (Lipinski definition) is 3. The highest BCUT2D eigenvalue weighted by Crippen LogP contribution is 2.68. The Morgan fingerprint density at radius 2 is 1.83 bits per heavy atom. The molecule has 4 aliphatic rings. The zero-order chi connectivity index (χ0) is 21.0. The van der Waals surface area contributed by atoms with E-state index in [1.54, 1.807) is 7.05 Å². The standard InChI is InChI=1S/C25H43NO3/c1-15(5-10-23(29)26-4)19-8-9-20-18-7-6-16-13-17(27)11-12-24(16,2)21(18)14-22(28)25(19,20)3/h15-22,27-28H,5-14H2,1-4H3,(H,26,29)/t15-,16-,17-,18+,19-,20+,21+,22+,24+,25-/m1/s1. The summed E-state index contributed by atoms with van der Waals surface area (Å²) in [5.41, 5.74) is 0.300. The average Bonchev–Trinajstić information content (AvgIpc) is 3.06. The Morgan fingerprint density at radius 1 is 1.07 bits per heavy atom. The molecule has 4 rings (SSSR count). The van der Waals surface area contributed by atoms with Crippen LogP contribution in [0.15, 0.2) is 0 Å². The van der Waals surface area contributed by atoms with E-state index in [0.29, 0.717) is 41.4 Å². The van der Waals surface area contributed by atoms with Gasteiger partial charge in [0, 0.05) is 13.5 Å². The van der Waals surface area contributed by atoms with E-state index in [1.807, 2.05) is 0 Å². The maximum atomic E-state index is 11.8. The van der Waals surface area contributed by atoms with E-state index in [-0.39, 0.29) is 23.5 Å². The van der Waals surface area contributed by atoms with Gasteiger partial charge in [-0.1, -0.05) is 20.8 Å². The normalized spacial score (nSPS) is 50.2. The number of rotatable bonds is 4. The Balaban J connectivity index is 1.53. The van der Waals surface area contributed by atoms with Crippen molar-refractivity contribution < 1.29 is 15.0 Å². The van der Waals surface area contributed by atoms with E-state index in [4.69, 9.17) is 0 Å². The molecule has 0 aliphatic heterocycles. The molecule has 4 fully saturated rings. The third kappa shape index (κ3) is 3.37. The van der Waals surface area contributed by atoms with Gasteiger partial charge in [0.25, 0.3) is 0 Å². The quantitative estimate of drug-likeness (QED) is 0.658. The van der Waals surface area contributed by atoms with E-state index >= 15 is 0 Å². The molecule has 10 atom stereocenters. The van der Waals surface area contributed by atoms with Crippen LogP contribution in [0, 0.1) is 46.3 Å². The lowest BCUT2D eigenvalue weighted by molar-refractivity contribution is -0.174. The molecular formula is C25H43NO3. The minimum atomic E-state index is -0.230. The first-order valence-electron chi connectivity index (χ1n) is 12.3. The highest BCUT2D eigenvalue weighted by atomic mass is 16.3. The molecule has 4 aliphatic carbocycles. The summed E-state index contributed by atoms with van der Waals surface area (Å²) in [7, 11) is 1.71. The molecule has 0 heterocycles. The maximum absolute atomic E-state index is 11.8. The van der Waals surface area contributed by atoms with Gasteiger partial charge in [0.2, 0.25) is 5.91 Å². The van der Waals surface area contributed by atoms with Crippen LogP contribution in [0.1, 0.15) is 85.0 Å². The summed E-state index contributed by atoms with van der Waals surface area (Å²) in [5, 5.41) is 24.5. The summed E-state index contributed by atoms with van der Waals surface area (Å²) in [4.78, 5) is 11.8. The van der Waals surface area contributed by atoms with E-state index in [0.717, 1.165) is 38.0 Å². The van der Waals surface area contributed by atoms with Gasteiger partial charge < -0.3 is 15.5 Å². The Hall–Kier alpha value is -0.610. The van der Waals surface area contributed by atoms with Crippen molar-refractivity contribution >= 4 is 5.91 Å². The molecule has 0 aromatic heterocycles. The Kier molecular flexibility index (Phi) is 5.83. The molecule has 1 amide bonds. The minimum absolute atomic E-state index is 0.000646. The summed E-state index contributed by atoms with van der Waals surface area (Å²) >= 11 is 0. The molecular weight excluding hydrogens is 362 g/mol. The van der Waals surface area contributed by atoms with Crippen LogP contribution in [-0.4, -0.2) is 35.4 Å². The molecule has 0 aromatic carbocycles. The fourth-order valence-electron chi connectivity index (χ4n) is 8.85. The van der Waals surface area contributed by atoms with Gasteiger partial charge in [0.1, 0.15) is 0 Å². The topological polar surface area (TPSA) is 69.6 Å². The molecule has 166 valence electrons. The van der Waals surface area contributed by atoms with Crippen LogP contribution < -0.4 is 5.32 Å². The summed E-state index contributed by atoms with van der Waals surface area (Å²) in [6, 6.07) is 0. The van der Waals surface area contributed by atoms with E-state index < -0.39 is 0 Å². The lowest BCUT2D eigenvalue weighted by atomic mass is 9.43. The predicted octanol–water partition coefficient (Wildman–Crippen LogP) is 4.14. The van der Waals surface area contributed by atoms with Crippen LogP contribution in [0.3, 0.4) is 0 Å². The van der Waals surface area contributed by atoms with E-state index in [1.165, 1.54) is 25.7 Å². The number of amides is 1. The van der Waals surface area contributed by atoms with Crippen molar-refractivity contribution in [1.29, 1.82) is 0 Å². The third-order valence-electron chi connectivity index (χ3n) is 10.6. The van der Waals surface area contributed by atoms with Gasteiger partial charge in [0.05, 0.1) is 12.2 Å². The van der Waals surface area contributed by atoms with Crippen molar-refractivity contribution in [3.63, 3.8) is 0 Å². The van der Waals surface area contributed by atoms with Gasteiger partial charge in [-0.05, 0) is 104 Å². The molecule has 0 unspecified atom stereocenters. The number of hydrogen-bond donors (Lipinski definition) is 3. The first-order valence-corrected chi connectivity index (χ1v) is 12.3. The fraction of sp³-hybridized carbons (Fsp3) is 0.960. The van der Waals surface area contributed by atoms with Gasteiger partial charge in [-0.3, -0.25) is 4.79 Å². The predicted molar refractivity (Wildman–Crippen MR) is 115 cm³/mol. The second-order valence-corrected chi connectivity index (χ2v) is 11.6. The van der Waals surface area contributed by atoms with Gasteiger partial charge >= 0.3 is 0 Å². The zero-order valence-electron chi connectivity index (χ0n) is 19.0. The molecule has 0 aromatic rings. The second kappa shape index (κ2) is 7.82. The van der Waals surface area contributed by atoms with Crippen LogP contribution in [0.4, 0.5) is 0 Å². The van der Waals surface area contributed by atoms with Crippen LogP contribution in [-0.2, 0) is 4.79 Å². The summed E-state index contributed by atoms with van der Waals surface area (Å²) in [6.45, 7) is 7.17. The Bertz CT molecular complexity index is 623. The monoisotopic (exact) mass is 405 g/mol. The first kappa shape index (κ1) is 21.6.